The summed E-state index contributed by atoms with van der Waals surface area (Å²) >= 11 is 3.18. The number of hydrogen-bond donors (Lipinski definition) is 0. The maximum absolute atomic E-state index is 5.34. The molecule has 0 N–H and O–H groups in total. The van der Waals surface area contributed by atoms with Crippen LogP contribution in [0, 0.1) is 6.92 Å². The van der Waals surface area contributed by atoms with Crippen LogP contribution in [0.1, 0.15) is 11.5 Å². The number of imidazole rings is 1. The van der Waals surface area contributed by atoms with Crippen LogP contribution >= 0.6 is 23.1 Å². The molecule has 120 valence electrons. The van der Waals surface area contributed by atoms with Crippen molar-refractivity contribution in [2.24, 2.45) is 0 Å². The van der Waals surface area contributed by atoms with Crippen molar-refractivity contribution < 1.29 is 4.52 Å². The molecule has 0 unspecified atom stereocenters. The monoisotopic (exact) mass is 354 g/mol. The Bertz CT molecular complexity index is 943. The highest BCUT2D eigenvalue weighted by molar-refractivity contribution is 7.98. The number of thiophene rings is 1. The Hall–Kier alpha value is -2.38. The Balaban J connectivity index is 1.52. The molecule has 0 radical (unpaired) electrons. The second kappa shape index (κ2) is 6.62. The lowest BCUT2D eigenvalue weighted by atomic mass is 10.2. The minimum Gasteiger partial charge on any atom is -0.338 e. The molecule has 5 nitrogen and oxygen atoms in total. The number of para-hydroxylation sites is 1. The highest BCUT2D eigenvalue weighted by Gasteiger charge is 2.12. The zero-order valence-electron chi connectivity index (χ0n) is 12.9. The van der Waals surface area contributed by atoms with Gasteiger partial charge in [-0.25, -0.2) is 4.98 Å². The van der Waals surface area contributed by atoms with Crippen LogP contribution in [-0.4, -0.2) is 19.7 Å². The summed E-state index contributed by atoms with van der Waals surface area (Å²) in [5.74, 6) is 1.83. The zero-order valence-corrected chi connectivity index (χ0v) is 14.5. The van der Waals surface area contributed by atoms with Crippen LogP contribution in [0.3, 0.4) is 0 Å². The van der Waals surface area contributed by atoms with Crippen LogP contribution < -0.4 is 0 Å². The first-order valence-corrected chi connectivity index (χ1v) is 9.26. The molecule has 0 amide bonds. The third-order valence-corrected chi connectivity index (χ3v) is 5.33. The SMILES string of the molecule is Cc1ccccc1-n1ccnc1SCc1nc(-c2cccs2)no1. The Kier molecular flexibility index (Phi) is 4.18. The summed E-state index contributed by atoms with van der Waals surface area (Å²) < 4.78 is 7.42. The van der Waals surface area contributed by atoms with Gasteiger partial charge in [-0.1, -0.05) is 41.2 Å². The zero-order chi connectivity index (χ0) is 16.4. The van der Waals surface area contributed by atoms with Gasteiger partial charge >= 0.3 is 0 Å². The van der Waals surface area contributed by atoms with Crippen molar-refractivity contribution in [3.63, 3.8) is 0 Å². The van der Waals surface area contributed by atoms with E-state index in [0.29, 0.717) is 17.5 Å². The van der Waals surface area contributed by atoms with E-state index in [2.05, 4.69) is 38.7 Å². The second-order valence-electron chi connectivity index (χ2n) is 5.14. The molecule has 0 saturated heterocycles. The maximum Gasteiger partial charge on any atom is 0.237 e. The largest absolute Gasteiger partial charge is 0.338 e. The van der Waals surface area contributed by atoms with Gasteiger partial charge in [0.05, 0.1) is 16.3 Å². The van der Waals surface area contributed by atoms with E-state index >= 15 is 0 Å². The molecule has 1 aromatic carbocycles. The summed E-state index contributed by atoms with van der Waals surface area (Å²) in [6, 6.07) is 12.2. The molecule has 4 aromatic rings. The minimum absolute atomic E-state index is 0.585. The van der Waals surface area contributed by atoms with Crippen LogP contribution in [-0.2, 0) is 5.75 Å². The lowest BCUT2D eigenvalue weighted by Gasteiger charge is -2.09. The van der Waals surface area contributed by atoms with E-state index in [0.717, 1.165) is 15.7 Å². The molecule has 24 heavy (non-hydrogen) atoms. The van der Waals surface area contributed by atoms with E-state index < -0.39 is 0 Å². The minimum atomic E-state index is 0.585. The maximum atomic E-state index is 5.34. The number of aryl methyl sites for hydroxylation is 1. The molecular weight excluding hydrogens is 340 g/mol. The summed E-state index contributed by atoms with van der Waals surface area (Å²) in [7, 11) is 0. The van der Waals surface area contributed by atoms with Crippen LogP contribution in [0.25, 0.3) is 16.4 Å². The van der Waals surface area contributed by atoms with Gasteiger partial charge in [0.1, 0.15) is 0 Å². The molecule has 0 atom stereocenters. The first kappa shape index (κ1) is 15.2. The second-order valence-corrected chi connectivity index (χ2v) is 7.03. The van der Waals surface area contributed by atoms with Crippen LogP contribution in [0.15, 0.2) is 63.9 Å². The van der Waals surface area contributed by atoms with Crippen molar-refractivity contribution in [1.82, 2.24) is 19.7 Å². The Morgan fingerprint density at radius 2 is 2.12 bits per heavy atom. The number of benzene rings is 1. The van der Waals surface area contributed by atoms with E-state index in [9.17, 15) is 0 Å². The van der Waals surface area contributed by atoms with Crippen molar-refractivity contribution >= 4 is 23.1 Å². The van der Waals surface area contributed by atoms with Gasteiger partial charge in [-0.2, -0.15) is 4.98 Å². The van der Waals surface area contributed by atoms with Gasteiger partial charge in [-0.05, 0) is 30.0 Å². The third-order valence-electron chi connectivity index (χ3n) is 3.52. The number of aromatic nitrogens is 4. The molecule has 7 heteroatoms. The molecule has 0 aliphatic rings. The summed E-state index contributed by atoms with van der Waals surface area (Å²) in [6.07, 6.45) is 3.77. The molecule has 3 aromatic heterocycles. The van der Waals surface area contributed by atoms with Crippen molar-refractivity contribution in [3.8, 4) is 16.4 Å². The highest BCUT2D eigenvalue weighted by Crippen LogP contribution is 2.27. The van der Waals surface area contributed by atoms with E-state index in [1.165, 1.54) is 5.56 Å². The van der Waals surface area contributed by atoms with E-state index in [1.807, 2.05) is 35.8 Å². The van der Waals surface area contributed by atoms with Gasteiger partial charge in [0.25, 0.3) is 0 Å². The molecule has 0 aliphatic heterocycles. The third kappa shape index (κ3) is 3.00. The van der Waals surface area contributed by atoms with Gasteiger partial charge in [0.2, 0.25) is 11.7 Å². The fourth-order valence-electron chi connectivity index (χ4n) is 2.36. The Labute approximate surface area is 147 Å². The molecule has 3 heterocycles. The highest BCUT2D eigenvalue weighted by atomic mass is 32.2. The molecular formula is C17H14N4OS2. The normalized spacial score (nSPS) is 11.0. The van der Waals surface area contributed by atoms with Gasteiger partial charge in [0, 0.05) is 12.4 Å². The number of thioether (sulfide) groups is 1. The van der Waals surface area contributed by atoms with Crippen LogP contribution in [0.5, 0.6) is 0 Å². The molecule has 0 spiro atoms. The summed E-state index contributed by atoms with van der Waals surface area (Å²) in [4.78, 5) is 9.90. The predicted molar refractivity (Wildman–Crippen MR) is 95.5 cm³/mol. The Morgan fingerprint density at radius 3 is 2.96 bits per heavy atom. The van der Waals surface area contributed by atoms with E-state index in [1.54, 1.807) is 29.3 Å². The van der Waals surface area contributed by atoms with Gasteiger partial charge in [-0.15, -0.1) is 11.3 Å². The van der Waals surface area contributed by atoms with Crippen molar-refractivity contribution in [1.29, 1.82) is 0 Å². The summed E-state index contributed by atoms with van der Waals surface area (Å²) in [5, 5.41) is 6.94. The predicted octanol–water partition coefficient (Wildman–Crippen LogP) is 4.58. The molecule has 0 fully saturated rings. The van der Waals surface area contributed by atoms with E-state index in [-0.39, 0.29) is 0 Å². The van der Waals surface area contributed by atoms with Gasteiger partial charge < -0.3 is 4.52 Å². The topological polar surface area (TPSA) is 56.7 Å². The lowest BCUT2D eigenvalue weighted by molar-refractivity contribution is 0.391. The van der Waals surface area contributed by atoms with Gasteiger partial charge in [-0.3, -0.25) is 4.57 Å². The average Bonchev–Trinajstić information content (AvgIpc) is 3.34. The fourth-order valence-corrected chi connectivity index (χ4v) is 3.81. The first-order valence-electron chi connectivity index (χ1n) is 7.40. The standard InChI is InChI=1S/C17H14N4OS2/c1-12-5-2-3-6-13(12)21-9-8-18-17(21)24-11-15-19-16(20-22-15)14-7-4-10-23-14/h2-10H,11H2,1H3. The van der Waals surface area contributed by atoms with E-state index in [4.69, 9.17) is 4.52 Å². The van der Waals surface area contributed by atoms with Gasteiger partial charge in [0.15, 0.2) is 5.16 Å². The molecule has 0 saturated carbocycles. The number of hydrogen-bond acceptors (Lipinski definition) is 6. The van der Waals surface area contributed by atoms with Crippen LogP contribution in [0.2, 0.25) is 0 Å². The average molecular weight is 354 g/mol. The molecule has 0 bridgehead atoms. The Morgan fingerprint density at radius 1 is 1.21 bits per heavy atom. The fraction of sp³-hybridized carbons (Fsp3) is 0.118. The molecule has 4 rings (SSSR count). The van der Waals surface area contributed by atoms with Crippen molar-refractivity contribution in [2.45, 2.75) is 17.8 Å². The number of nitrogens with zero attached hydrogens (tertiary/aromatic N) is 4. The summed E-state index contributed by atoms with van der Waals surface area (Å²) in [5.41, 5.74) is 2.33. The number of rotatable bonds is 5. The van der Waals surface area contributed by atoms with Crippen molar-refractivity contribution in [3.05, 3.63) is 65.6 Å². The van der Waals surface area contributed by atoms with Crippen molar-refractivity contribution in [2.75, 3.05) is 0 Å². The summed E-state index contributed by atoms with van der Waals surface area (Å²) in [6.45, 7) is 2.09. The quantitative estimate of drug-likeness (QED) is 0.491. The van der Waals surface area contributed by atoms with Crippen LogP contribution in [0.4, 0.5) is 0 Å². The molecule has 0 aliphatic carbocycles. The lowest BCUT2D eigenvalue weighted by Crippen LogP contribution is -1.97. The first-order chi connectivity index (χ1) is 11.8. The smallest absolute Gasteiger partial charge is 0.237 e.